The number of piperazine rings is 1. The van der Waals surface area contributed by atoms with Crippen molar-refractivity contribution in [1.29, 1.82) is 0 Å². The lowest BCUT2D eigenvalue weighted by Crippen LogP contribution is -2.47. The number of hydrogen-bond acceptors (Lipinski definition) is 22. The highest BCUT2D eigenvalue weighted by Gasteiger charge is 2.31. The van der Waals surface area contributed by atoms with Crippen molar-refractivity contribution >= 4 is 51.9 Å². The molecule has 0 spiro atoms. The topological polar surface area (TPSA) is 321 Å². The van der Waals surface area contributed by atoms with Crippen LogP contribution in [0.5, 0.6) is 0 Å². The van der Waals surface area contributed by atoms with Crippen molar-refractivity contribution in [2.45, 2.75) is 217 Å². The molecule has 1 amide bonds. The number of Topliss-reactive ketones (excluding diaryl/α,β-unsaturated/α-hetero) is 2. The molecule has 1 aliphatic heterocycles. The number of ketones is 2. The van der Waals surface area contributed by atoms with Crippen LogP contribution in [0.3, 0.4) is 0 Å². The zero-order valence-corrected chi connectivity index (χ0v) is 63.9. The smallest absolute Gasteiger partial charge is 0.255 e. The van der Waals surface area contributed by atoms with Gasteiger partial charge in [0.25, 0.3) is 5.91 Å². The molecule has 4 saturated carbocycles. The molecule has 3 atom stereocenters. The van der Waals surface area contributed by atoms with Gasteiger partial charge in [-0.3, -0.25) is 28.7 Å². The van der Waals surface area contributed by atoms with Gasteiger partial charge in [0.1, 0.15) is 0 Å². The van der Waals surface area contributed by atoms with E-state index in [-0.39, 0.29) is 66.4 Å². The molecule has 5 fully saturated rings. The van der Waals surface area contributed by atoms with Crippen LogP contribution in [0, 0.1) is 11.8 Å². The Bertz CT molecular complexity index is 4390. The molecule has 576 valence electrons. The number of pyridine rings is 1. The number of anilines is 3. The van der Waals surface area contributed by atoms with Crippen LogP contribution in [-0.2, 0) is 36.9 Å². The number of aliphatic hydroxyl groups is 3. The van der Waals surface area contributed by atoms with Gasteiger partial charge in [0, 0.05) is 171 Å². The van der Waals surface area contributed by atoms with E-state index in [1.165, 1.54) is 25.7 Å². The highest BCUT2D eigenvalue weighted by atomic mass is 16.5. The summed E-state index contributed by atoms with van der Waals surface area (Å²) in [6.45, 7) is 15.6. The van der Waals surface area contributed by atoms with Gasteiger partial charge in [-0.25, -0.2) is 28.5 Å². The molecular weight excluding hydrogens is 1360 g/mol. The number of carbonyl (C=O) groups is 3. The maximum atomic E-state index is 13.2. The fourth-order valence-corrected chi connectivity index (χ4v) is 16.0. The summed E-state index contributed by atoms with van der Waals surface area (Å²) in [6, 6.07) is 8.68. The Morgan fingerprint density at radius 2 is 0.879 bits per heavy atom. The molecule has 4 aliphatic carbocycles. The molecule has 5 aliphatic rings. The number of fused-ring (bicyclic) bond motifs is 3. The molecule has 0 aromatic carbocycles. The Labute approximate surface area is 626 Å². The quantitative estimate of drug-likeness (QED) is 0.0279. The number of rotatable bonds is 27. The summed E-state index contributed by atoms with van der Waals surface area (Å²) < 4.78 is 25.1. The first-order valence-corrected chi connectivity index (χ1v) is 38.8. The standard InChI is InChI=1S/C27H37N7O3.C27H38N6O3.C25H36N6O3/c1-18(17-37-3)30-27-29-16-25-23(13-24(34(25)31-27)19-4-6-22(35)7-5-19)20-12-21(15-28-14-20)26(36)33-10-8-32(2)9-11-33;1-18(17-36-2)30-27-28-14-26-24(12-25(33(26)31-27)20-7-9-22(34)10-8-20)21-13-29-32(15-21)16-23(35)11-19-5-3-4-6-19;1-16(2)9-21(33)14-30-13-19(11-27-30)22-10-23(18-5-7-20(32)8-6-18)31-24(22)12-26-25(29-31)28-17(3)15-34-4/h12-16,18-19,22,35H,4-11,17H2,1-3H3,(H,30,31);12-15,18-20,22,34H,3-11,16-17H2,1-2H3,(H,30,31);10-13,16-18,20,32H,5-9,14-15H2,1-4H3,(H,28,29)/t18-,19?,22?;18-,20?,22?;17-,18?,20?/m000/s1. The highest BCUT2D eigenvalue weighted by molar-refractivity contribution is 5.96. The molecule has 14 rings (SSSR count). The second-order valence-corrected chi connectivity index (χ2v) is 31.0. The van der Waals surface area contributed by atoms with Crippen molar-refractivity contribution in [1.82, 2.24) is 78.1 Å². The van der Waals surface area contributed by atoms with E-state index in [1.54, 1.807) is 49.3 Å². The van der Waals surface area contributed by atoms with E-state index in [4.69, 9.17) is 29.5 Å². The van der Waals surface area contributed by atoms with Gasteiger partial charge < -0.3 is 55.3 Å². The Morgan fingerprint density at radius 1 is 0.486 bits per heavy atom. The Kier molecular flexibility index (Phi) is 26.6. The summed E-state index contributed by atoms with van der Waals surface area (Å²) in [5, 5.41) is 63.5. The minimum atomic E-state index is -0.231. The summed E-state index contributed by atoms with van der Waals surface area (Å²) in [7, 11) is 7.10. The van der Waals surface area contributed by atoms with Gasteiger partial charge in [-0.05, 0) is 141 Å². The lowest BCUT2D eigenvalue weighted by Gasteiger charge is -2.32. The van der Waals surface area contributed by atoms with E-state index in [1.807, 2.05) is 96.3 Å². The minimum absolute atomic E-state index is 0.0160. The number of hydrogen-bond donors (Lipinski definition) is 6. The molecule has 107 heavy (non-hydrogen) atoms. The monoisotopic (exact) mass is 1470 g/mol. The second-order valence-electron chi connectivity index (χ2n) is 31.0. The molecule has 0 radical (unpaired) electrons. The summed E-state index contributed by atoms with van der Waals surface area (Å²) in [5.74, 6) is 3.88. The van der Waals surface area contributed by atoms with Crippen LogP contribution >= 0.6 is 0 Å². The lowest BCUT2D eigenvalue weighted by molar-refractivity contribution is -0.121. The third-order valence-electron chi connectivity index (χ3n) is 21.6. The van der Waals surface area contributed by atoms with E-state index in [0.29, 0.717) is 86.3 Å². The van der Waals surface area contributed by atoms with E-state index in [0.717, 1.165) is 170 Å². The number of methoxy groups -OCH3 is 3. The van der Waals surface area contributed by atoms with Crippen LogP contribution in [0.4, 0.5) is 17.8 Å². The van der Waals surface area contributed by atoms with Gasteiger partial charge in [0.15, 0.2) is 11.6 Å². The van der Waals surface area contributed by atoms with Crippen molar-refractivity contribution in [2.75, 3.05) is 90.3 Å². The van der Waals surface area contributed by atoms with E-state index in [2.05, 4.69) is 76.2 Å². The predicted molar refractivity (Wildman–Crippen MR) is 411 cm³/mol. The van der Waals surface area contributed by atoms with Gasteiger partial charge in [-0.2, -0.15) is 10.2 Å². The fraction of sp³-hybridized carbons (Fsp3) is 0.595. The van der Waals surface area contributed by atoms with Gasteiger partial charge in [0.05, 0.1) is 104 Å². The van der Waals surface area contributed by atoms with Crippen LogP contribution in [0.1, 0.15) is 195 Å². The summed E-state index contributed by atoms with van der Waals surface area (Å²) >= 11 is 0. The average Bonchev–Trinajstić information content (AvgIpc) is 1.63. The van der Waals surface area contributed by atoms with E-state index < -0.39 is 0 Å². The molecule has 0 unspecified atom stereocenters. The molecule has 9 aromatic heterocycles. The van der Waals surface area contributed by atoms with Crippen molar-refractivity contribution < 1.29 is 43.9 Å². The van der Waals surface area contributed by atoms with E-state index in [9.17, 15) is 29.7 Å². The number of ether oxygens (including phenoxy) is 3. The fourth-order valence-electron chi connectivity index (χ4n) is 16.0. The number of aromatic nitrogens is 14. The average molecular weight is 1470 g/mol. The van der Waals surface area contributed by atoms with Gasteiger partial charge in [-0.1, -0.05) is 39.5 Å². The number of nitrogens with zero attached hydrogens (tertiary/aromatic N) is 16. The van der Waals surface area contributed by atoms with Gasteiger partial charge in [-0.15, -0.1) is 15.3 Å². The molecule has 28 nitrogen and oxygen atoms in total. The molecule has 6 N–H and O–H groups in total. The van der Waals surface area contributed by atoms with Crippen molar-refractivity contribution in [3.8, 4) is 33.4 Å². The number of likely N-dealkylation sites (N-methyl/N-ethyl adjacent to an activating group) is 1. The molecule has 1 saturated heterocycles. The summed E-state index contributed by atoms with van der Waals surface area (Å²) in [5.41, 5.74) is 12.4. The predicted octanol–water partition coefficient (Wildman–Crippen LogP) is 10.5. The maximum Gasteiger partial charge on any atom is 0.255 e. The maximum absolute atomic E-state index is 13.2. The molecular formula is C79H111N19O9. The van der Waals surface area contributed by atoms with Gasteiger partial charge in [0.2, 0.25) is 17.8 Å². The van der Waals surface area contributed by atoms with Crippen molar-refractivity contribution in [3.05, 3.63) is 103 Å². The first-order chi connectivity index (χ1) is 51.8. The van der Waals surface area contributed by atoms with Crippen molar-refractivity contribution in [2.24, 2.45) is 11.8 Å². The van der Waals surface area contributed by atoms with Crippen LogP contribution in [0.15, 0.2) is 80.0 Å². The Balaban J connectivity index is 0.000000150. The third-order valence-corrected chi connectivity index (χ3v) is 21.6. The summed E-state index contributed by atoms with van der Waals surface area (Å²) in [6.07, 6.45) is 32.2. The van der Waals surface area contributed by atoms with Gasteiger partial charge >= 0.3 is 0 Å². The lowest BCUT2D eigenvalue weighted by atomic mass is 9.85. The minimum Gasteiger partial charge on any atom is -0.393 e. The SMILES string of the molecule is COC[C@H](C)Nc1ncc2c(-c3cncc(C(=O)N4CCN(C)CC4)c3)cc(C3CCC(O)CC3)n2n1.COC[C@H](C)Nc1ncc2c(-c3cnn(CC(=O)CC(C)C)c3)cc(C3CCC(O)CC3)n2n1.COC[C@H](C)Nc1ncc2c(-c3cnn(CC(=O)CC4CCCC4)c3)cc(C3CCC(O)CC3)n2n1. The number of amides is 1. The number of carbonyl (C=O) groups excluding carboxylic acids is 3. The summed E-state index contributed by atoms with van der Waals surface area (Å²) in [4.78, 5) is 60.4. The van der Waals surface area contributed by atoms with Crippen molar-refractivity contribution in [3.63, 3.8) is 0 Å². The van der Waals surface area contributed by atoms with Crippen LogP contribution in [-0.4, -0.2) is 222 Å². The molecule has 9 aromatic rings. The Hall–Kier alpha value is -8.64. The molecule has 0 bridgehead atoms. The Morgan fingerprint density at radius 3 is 1.27 bits per heavy atom. The largest absolute Gasteiger partial charge is 0.393 e. The van der Waals surface area contributed by atoms with E-state index >= 15 is 0 Å². The first-order valence-electron chi connectivity index (χ1n) is 38.8. The zero-order chi connectivity index (χ0) is 75.3. The third kappa shape index (κ3) is 20.0. The van der Waals surface area contributed by atoms with Crippen LogP contribution < -0.4 is 16.0 Å². The number of nitrogens with one attached hydrogen (secondary N) is 3. The van der Waals surface area contributed by atoms with Crippen LogP contribution in [0.25, 0.3) is 49.9 Å². The van der Waals surface area contributed by atoms with Crippen LogP contribution in [0.2, 0.25) is 0 Å². The molecule has 28 heteroatoms. The second kappa shape index (κ2) is 36.5. The number of aliphatic hydroxyl groups excluding tert-OH is 3. The highest BCUT2D eigenvalue weighted by Crippen LogP contribution is 2.42. The first kappa shape index (κ1) is 78.0. The molecule has 10 heterocycles. The zero-order valence-electron chi connectivity index (χ0n) is 63.9. The normalized spacial score (nSPS) is 21.1.